The molecule has 0 unspecified atom stereocenters. The highest BCUT2D eigenvalue weighted by atomic mass is 35.5. The summed E-state index contributed by atoms with van der Waals surface area (Å²) in [5, 5.41) is 11.5. The summed E-state index contributed by atoms with van der Waals surface area (Å²) in [5.74, 6) is 1.31. The molecule has 0 saturated heterocycles. The minimum absolute atomic E-state index is 0.253. The summed E-state index contributed by atoms with van der Waals surface area (Å²) in [6, 6.07) is 10.9. The predicted molar refractivity (Wildman–Crippen MR) is 118 cm³/mol. The highest BCUT2D eigenvalue weighted by Crippen LogP contribution is 2.42. The van der Waals surface area contributed by atoms with Gasteiger partial charge in [0.15, 0.2) is 22.8 Å². The number of amidine groups is 1. The molecular weight excluding hydrogens is 424 g/mol. The van der Waals surface area contributed by atoms with Crippen molar-refractivity contribution >= 4 is 40.1 Å². The fraction of sp³-hybridized carbons (Fsp3) is 0.190. The van der Waals surface area contributed by atoms with Gasteiger partial charge in [0.2, 0.25) is 0 Å². The van der Waals surface area contributed by atoms with Crippen molar-refractivity contribution in [2.24, 2.45) is 10.1 Å². The van der Waals surface area contributed by atoms with Crippen LogP contribution in [0, 0.1) is 0 Å². The molecule has 2 aliphatic heterocycles. The van der Waals surface area contributed by atoms with Crippen LogP contribution in [0.2, 0.25) is 5.02 Å². The summed E-state index contributed by atoms with van der Waals surface area (Å²) >= 11 is 7.72. The number of benzene rings is 2. The first-order chi connectivity index (χ1) is 14.6. The largest absolute Gasteiger partial charge is 0.493 e. The van der Waals surface area contributed by atoms with Gasteiger partial charge in [-0.05, 0) is 12.1 Å². The third kappa shape index (κ3) is 3.53. The quantitative estimate of drug-likeness (QED) is 0.720. The van der Waals surface area contributed by atoms with Gasteiger partial charge in [-0.25, -0.2) is 5.01 Å². The van der Waals surface area contributed by atoms with E-state index in [1.807, 2.05) is 24.3 Å². The summed E-state index contributed by atoms with van der Waals surface area (Å²) in [6.45, 7) is 3.72. The van der Waals surface area contributed by atoms with Crippen LogP contribution in [-0.4, -0.2) is 36.1 Å². The van der Waals surface area contributed by atoms with E-state index in [1.54, 1.807) is 37.4 Å². The molecule has 2 aliphatic rings. The second kappa shape index (κ2) is 8.41. The molecule has 0 saturated carbocycles. The molecule has 2 heterocycles. The maximum atomic E-state index is 13.1. The number of hydrogen-bond acceptors (Lipinski definition) is 7. The van der Waals surface area contributed by atoms with Crippen molar-refractivity contribution in [3.63, 3.8) is 0 Å². The first-order valence-electron chi connectivity index (χ1n) is 9.09. The Morgan fingerprint density at radius 1 is 1.30 bits per heavy atom. The molecule has 0 radical (unpaired) electrons. The molecule has 9 heteroatoms. The minimum Gasteiger partial charge on any atom is -0.493 e. The van der Waals surface area contributed by atoms with Crippen LogP contribution in [0.3, 0.4) is 0 Å². The maximum Gasteiger partial charge on any atom is 0.276 e. The van der Waals surface area contributed by atoms with E-state index in [0.717, 1.165) is 0 Å². The first kappa shape index (κ1) is 20.3. The molecule has 2 aromatic carbocycles. The van der Waals surface area contributed by atoms with E-state index in [-0.39, 0.29) is 5.91 Å². The van der Waals surface area contributed by atoms with Gasteiger partial charge in [-0.15, -0.1) is 11.7 Å². The molecule has 30 heavy (non-hydrogen) atoms. The topological polar surface area (TPSA) is 75.5 Å². The predicted octanol–water partition coefficient (Wildman–Crippen LogP) is 2.42. The number of thioether (sulfide) groups is 1. The smallest absolute Gasteiger partial charge is 0.276 e. The fourth-order valence-corrected chi connectivity index (χ4v) is 4.19. The van der Waals surface area contributed by atoms with Gasteiger partial charge >= 0.3 is 0 Å². The van der Waals surface area contributed by atoms with Crippen molar-refractivity contribution in [3.05, 3.63) is 70.2 Å². The van der Waals surface area contributed by atoms with E-state index in [9.17, 15) is 4.79 Å². The highest BCUT2D eigenvalue weighted by molar-refractivity contribution is 8.14. The van der Waals surface area contributed by atoms with Crippen molar-refractivity contribution in [1.29, 1.82) is 0 Å². The number of ether oxygens (including phenoxy) is 2. The number of para-hydroxylation sites is 1. The van der Waals surface area contributed by atoms with Gasteiger partial charge in [-0.3, -0.25) is 15.1 Å². The molecule has 0 fully saturated rings. The maximum absolute atomic E-state index is 13.1. The number of rotatable bonds is 5. The van der Waals surface area contributed by atoms with Crippen LogP contribution in [0.4, 0.5) is 0 Å². The Kier molecular flexibility index (Phi) is 5.69. The molecule has 1 atom stereocenters. The lowest BCUT2D eigenvalue weighted by Gasteiger charge is -2.34. The Hall–Kier alpha value is -2.97. The summed E-state index contributed by atoms with van der Waals surface area (Å²) in [4.78, 5) is 17.9. The number of amides is 1. The van der Waals surface area contributed by atoms with Gasteiger partial charge in [-0.1, -0.05) is 47.6 Å². The molecule has 7 nitrogen and oxygen atoms in total. The third-order valence-electron chi connectivity index (χ3n) is 4.60. The second-order valence-electron chi connectivity index (χ2n) is 6.40. The number of hydrogen-bond donors (Lipinski definition) is 1. The van der Waals surface area contributed by atoms with E-state index >= 15 is 0 Å². The van der Waals surface area contributed by atoms with Gasteiger partial charge in [0, 0.05) is 27.6 Å². The van der Waals surface area contributed by atoms with Crippen molar-refractivity contribution in [1.82, 2.24) is 10.3 Å². The lowest BCUT2D eigenvalue weighted by molar-refractivity contribution is -0.116. The third-order valence-corrected chi connectivity index (χ3v) is 5.68. The van der Waals surface area contributed by atoms with E-state index in [2.05, 4.69) is 17.0 Å². The molecule has 4 rings (SSSR count). The van der Waals surface area contributed by atoms with Crippen LogP contribution in [0.15, 0.2) is 59.1 Å². The Bertz CT molecular complexity index is 1180. The second-order valence-corrected chi connectivity index (χ2v) is 7.85. The van der Waals surface area contributed by atoms with Gasteiger partial charge in [0.25, 0.3) is 5.91 Å². The van der Waals surface area contributed by atoms with Crippen molar-refractivity contribution < 1.29 is 14.3 Å². The number of carbonyl (C=O) groups excluding carboxylic acids is 1. The van der Waals surface area contributed by atoms with Gasteiger partial charge in [0.05, 0.1) is 19.6 Å². The molecule has 0 bridgehead atoms. The van der Waals surface area contributed by atoms with Crippen LogP contribution in [0.25, 0.3) is 5.70 Å². The number of halogens is 1. The van der Waals surface area contributed by atoms with Gasteiger partial charge in [0.1, 0.15) is 5.70 Å². The number of carbonyl (C=O) groups is 1. The molecule has 1 amide bonds. The summed E-state index contributed by atoms with van der Waals surface area (Å²) in [6.07, 6.45) is 1.08. The van der Waals surface area contributed by atoms with E-state index in [4.69, 9.17) is 26.1 Å². The van der Waals surface area contributed by atoms with E-state index in [0.29, 0.717) is 49.3 Å². The van der Waals surface area contributed by atoms with Crippen LogP contribution >= 0.6 is 23.4 Å². The molecule has 0 aliphatic carbocycles. The summed E-state index contributed by atoms with van der Waals surface area (Å²) in [7, 11) is 3.09. The lowest BCUT2D eigenvalue weighted by Crippen LogP contribution is -2.50. The molecule has 0 aromatic heterocycles. The highest BCUT2D eigenvalue weighted by Gasteiger charge is 2.36. The molecule has 154 valence electrons. The summed E-state index contributed by atoms with van der Waals surface area (Å²) in [5.41, 5.74) is 1.05. The number of hydrazone groups is 1. The van der Waals surface area contributed by atoms with Crippen LogP contribution < -0.4 is 25.4 Å². The number of nitrogens with one attached hydrogen (secondary N) is 1. The minimum atomic E-state index is -0.664. The lowest BCUT2D eigenvalue weighted by atomic mass is 10.1. The Balaban J connectivity index is 1.97. The zero-order chi connectivity index (χ0) is 21.3. The number of fused-ring (bicyclic) bond motifs is 2. The fourth-order valence-electron chi connectivity index (χ4n) is 3.38. The normalized spacial score (nSPS) is 17.2. The Morgan fingerprint density at radius 3 is 2.83 bits per heavy atom. The van der Waals surface area contributed by atoms with E-state index < -0.39 is 6.17 Å². The Labute approximate surface area is 182 Å². The standard InChI is InChI=1S/C21H19ClN4O3S/c1-4-9-30-21-24-20(27)17-13-7-5-6-8-15(13)23-19(26(17)25-21)14-10-12(22)11-16(28-2)18(14)29-3/h4-8,10-11,19H,1,9H2,2-3H3,(H,24,25,27)/t19-/m0/s1. The SMILES string of the molecule is C=CCSC1=NN2C(=c3ccccc3=N[C@@H]2c2cc(Cl)cc(OC)c2OC)C(=O)N1. The van der Waals surface area contributed by atoms with Crippen molar-refractivity contribution in [3.8, 4) is 11.5 Å². The molecule has 0 spiro atoms. The number of nitrogens with zero attached hydrogens (tertiary/aromatic N) is 3. The monoisotopic (exact) mass is 442 g/mol. The zero-order valence-electron chi connectivity index (χ0n) is 16.4. The van der Waals surface area contributed by atoms with Gasteiger partial charge in [-0.2, -0.15) is 0 Å². The first-order valence-corrected chi connectivity index (χ1v) is 10.4. The van der Waals surface area contributed by atoms with Crippen molar-refractivity contribution in [2.75, 3.05) is 20.0 Å². The molecular formula is C21H19ClN4O3S. The average Bonchev–Trinajstić information content (AvgIpc) is 2.76. The molecule has 2 aromatic rings. The Morgan fingerprint density at radius 2 is 2.10 bits per heavy atom. The van der Waals surface area contributed by atoms with Crippen LogP contribution in [-0.2, 0) is 4.79 Å². The van der Waals surface area contributed by atoms with E-state index in [1.165, 1.54) is 11.8 Å². The van der Waals surface area contributed by atoms with Crippen molar-refractivity contribution in [2.45, 2.75) is 6.17 Å². The van der Waals surface area contributed by atoms with Gasteiger partial charge < -0.3 is 9.47 Å². The molecule has 1 N–H and O–H groups in total. The zero-order valence-corrected chi connectivity index (χ0v) is 18.0. The van der Waals surface area contributed by atoms with Crippen LogP contribution in [0.1, 0.15) is 11.7 Å². The number of methoxy groups -OCH3 is 2. The average molecular weight is 443 g/mol. The summed E-state index contributed by atoms with van der Waals surface area (Å²) < 4.78 is 11.1. The van der Waals surface area contributed by atoms with Crippen LogP contribution in [0.5, 0.6) is 11.5 Å².